The van der Waals surface area contributed by atoms with Crippen molar-refractivity contribution >= 4 is 80.5 Å². The van der Waals surface area contributed by atoms with E-state index in [4.69, 9.17) is 9.47 Å². The fourth-order valence-electron chi connectivity index (χ4n) is 10.3. The van der Waals surface area contributed by atoms with E-state index in [1.807, 2.05) is 0 Å². The second kappa shape index (κ2) is 25.1. The lowest BCUT2D eigenvalue weighted by atomic mass is 9.90. The van der Waals surface area contributed by atoms with Crippen LogP contribution in [0.25, 0.3) is 50.3 Å². The van der Waals surface area contributed by atoms with E-state index in [1.165, 1.54) is 97.1 Å². The molecule has 2 aromatic heterocycles. The van der Waals surface area contributed by atoms with E-state index in [9.17, 15) is 59.7 Å². The largest absolute Gasteiger partial charge is 0.872 e. The van der Waals surface area contributed by atoms with Crippen LogP contribution in [-0.2, 0) is 13.5 Å². The first-order chi connectivity index (χ1) is 40.5. The average Bonchev–Trinajstić information content (AvgIpc) is 2.09. The summed E-state index contributed by atoms with van der Waals surface area (Å²) in [4.78, 5) is 60.5. The molecule has 17 nitrogen and oxygen atoms in total. The van der Waals surface area contributed by atoms with Crippen molar-refractivity contribution in [2.75, 3.05) is 26.1 Å². The summed E-state index contributed by atoms with van der Waals surface area (Å²) in [5.74, 6) is -7.09. The number of para-hydroxylation sites is 1. The van der Waals surface area contributed by atoms with E-state index in [-0.39, 0.29) is 68.0 Å². The number of aldehydes is 1. The number of pyridine rings is 1. The molecule has 8 aromatic carbocycles. The number of carbonyl (C=O) groups excluding carboxylic acids is 2. The number of carbonyl (C=O) groups is 5. The van der Waals surface area contributed by atoms with E-state index in [1.54, 1.807) is 48.5 Å². The molecule has 432 valence electrons. The molecule has 10 aromatic rings. The summed E-state index contributed by atoms with van der Waals surface area (Å²) in [5.41, 5.74) is 8.09. The van der Waals surface area contributed by atoms with Gasteiger partial charge in [-0.15, -0.1) is 0 Å². The third-order valence-electron chi connectivity index (χ3n) is 14.8. The highest BCUT2D eigenvalue weighted by molar-refractivity contribution is 6.03. The Balaban J connectivity index is 0.000000166. The molecule has 0 atom stereocenters. The maximum atomic E-state index is 12.9. The molecule has 0 aliphatic rings. The van der Waals surface area contributed by atoms with Gasteiger partial charge >= 0.3 is 23.9 Å². The number of carboxylic acid groups (broad SMARTS) is 3. The standard InChI is InChI=1S/C26H28N3.C23H16O6.C19H18O8/c1-19-17-21(20(2)29(19)24-9-7-6-8-10-24)11-13-23-14-12-22-18-25(27(3)4)15-16-26(22)28(23)5;24-20-16(14-7-3-1-5-12(14)9-18(20)22(26)27)11-17-15-8-4-2-6-13(15)10-19(21(17)25)23(28)29;1-8-5-13(26-4)11(7-20)17(22)14(8)19(25)27-12-6-9(2)16(21)15(10(12)3)18(23)24/h6-18H,1-5H3;1-10,24-25H,11H2,(H,26,27)(H,28,29);5-7,21-22H,1-4H3,(H,23,24)/q+1;;/p-1. The smallest absolute Gasteiger partial charge is 0.347 e. The molecule has 10 rings (SSSR count). The van der Waals surface area contributed by atoms with Crippen LogP contribution in [0.4, 0.5) is 5.69 Å². The molecule has 0 amide bonds. The predicted octanol–water partition coefficient (Wildman–Crippen LogP) is 11.8. The first-order valence-corrected chi connectivity index (χ1v) is 26.6. The number of esters is 1. The fraction of sp³-hybridized carbons (Fsp3) is 0.147. The highest BCUT2D eigenvalue weighted by Crippen LogP contribution is 2.40. The van der Waals surface area contributed by atoms with Gasteiger partial charge in [-0.05, 0) is 145 Å². The molecule has 0 radical (unpaired) electrons. The Kier molecular flexibility index (Phi) is 17.7. The molecule has 0 aliphatic carbocycles. The van der Waals surface area contributed by atoms with Crippen molar-refractivity contribution in [1.29, 1.82) is 0 Å². The molecular formula is C68H61N3O14. The van der Waals surface area contributed by atoms with Crippen LogP contribution in [0, 0.1) is 34.6 Å². The number of aromatic hydroxyl groups is 3. The molecule has 0 saturated heterocycles. The molecule has 0 spiro atoms. The minimum Gasteiger partial charge on any atom is -0.872 e. The molecule has 0 aliphatic heterocycles. The third kappa shape index (κ3) is 12.2. The van der Waals surface area contributed by atoms with Crippen LogP contribution in [-0.4, -0.2) is 86.6 Å². The third-order valence-corrected chi connectivity index (χ3v) is 14.8. The van der Waals surface area contributed by atoms with Crippen molar-refractivity contribution in [2.45, 2.75) is 41.0 Å². The number of phenols is 3. The lowest BCUT2D eigenvalue weighted by Crippen LogP contribution is -2.32. The molecule has 0 fully saturated rings. The summed E-state index contributed by atoms with van der Waals surface area (Å²) >= 11 is 0. The second-order valence-electron chi connectivity index (χ2n) is 20.4. The van der Waals surface area contributed by atoms with Crippen LogP contribution in [0.5, 0.6) is 34.5 Å². The number of methoxy groups -OCH3 is 1. The van der Waals surface area contributed by atoms with E-state index in [0.29, 0.717) is 33.4 Å². The summed E-state index contributed by atoms with van der Waals surface area (Å²) < 4.78 is 14.8. The quantitative estimate of drug-likeness (QED) is 0.0271. The van der Waals surface area contributed by atoms with E-state index >= 15 is 0 Å². The first-order valence-electron chi connectivity index (χ1n) is 26.6. The van der Waals surface area contributed by atoms with E-state index < -0.39 is 46.9 Å². The molecular weight excluding hydrogens is 1080 g/mol. The van der Waals surface area contributed by atoms with Crippen LogP contribution >= 0.6 is 0 Å². The SMILES string of the molecule is COc1cc(C)c(C(=O)Oc2cc(C)c(O)c(C(=O)O)c2C)c(O)c1C=O.Cc1cc(C=Cc2ccc3cc(N(C)C)ccc3[n+]2C)c(C)n1-c1ccccc1.O=C(O)c1cc2ccccc2c(Cc2c(O)c(C(=O)O)cc3ccccc23)c1[O-]. The number of carboxylic acids is 3. The normalized spacial score (nSPS) is 11.0. The Morgan fingerprint density at radius 1 is 0.624 bits per heavy atom. The van der Waals surface area contributed by atoms with Gasteiger partial charge in [0.25, 0.3) is 0 Å². The predicted molar refractivity (Wildman–Crippen MR) is 324 cm³/mol. The van der Waals surface area contributed by atoms with E-state index in [0.717, 1.165) is 0 Å². The molecule has 17 heteroatoms. The summed E-state index contributed by atoms with van der Waals surface area (Å²) in [5, 5.41) is 75.5. The van der Waals surface area contributed by atoms with Gasteiger partial charge in [0.1, 0.15) is 52.5 Å². The number of rotatable bonds is 13. The van der Waals surface area contributed by atoms with Gasteiger partial charge in [-0.1, -0.05) is 72.5 Å². The highest BCUT2D eigenvalue weighted by atomic mass is 16.5. The number of hydrogen-bond donors (Lipinski definition) is 6. The van der Waals surface area contributed by atoms with Crippen LogP contribution in [0.3, 0.4) is 0 Å². The molecule has 85 heavy (non-hydrogen) atoms. The fourth-order valence-corrected chi connectivity index (χ4v) is 10.3. The Morgan fingerprint density at radius 2 is 1.22 bits per heavy atom. The van der Waals surface area contributed by atoms with Crippen LogP contribution in [0.1, 0.15) is 102 Å². The van der Waals surface area contributed by atoms with Crippen molar-refractivity contribution in [3.63, 3.8) is 0 Å². The van der Waals surface area contributed by atoms with Gasteiger partial charge in [0.15, 0.2) is 6.29 Å². The summed E-state index contributed by atoms with van der Waals surface area (Å²) in [7, 11) is 7.59. The first kappa shape index (κ1) is 60.2. The lowest BCUT2D eigenvalue weighted by Gasteiger charge is -2.21. The van der Waals surface area contributed by atoms with Crippen molar-refractivity contribution < 1.29 is 73.8 Å². The van der Waals surface area contributed by atoms with Gasteiger partial charge in [0.2, 0.25) is 11.2 Å². The number of benzene rings is 8. The molecule has 2 heterocycles. The van der Waals surface area contributed by atoms with Crippen LogP contribution < -0.4 is 24.0 Å². The Bertz CT molecular complexity index is 4250. The molecule has 6 N–H and O–H groups in total. The Hall–Kier alpha value is -10.9. The monoisotopic (exact) mass is 1140 g/mol. The molecule has 0 saturated carbocycles. The maximum Gasteiger partial charge on any atom is 0.347 e. The summed E-state index contributed by atoms with van der Waals surface area (Å²) in [6, 6.07) is 43.0. The van der Waals surface area contributed by atoms with Crippen LogP contribution in [0.2, 0.25) is 0 Å². The summed E-state index contributed by atoms with van der Waals surface area (Å²) in [6.45, 7) is 8.70. The molecule has 0 bridgehead atoms. The topological polar surface area (TPSA) is 260 Å². The zero-order valence-electron chi connectivity index (χ0n) is 48.0. The zero-order chi connectivity index (χ0) is 61.7. The lowest BCUT2D eigenvalue weighted by molar-refractivity contribution is -0.646. The zero-order valence-corrected chi connectivity index (χ0v) is 48.0. The van der Waals surface area contributed by atoms with Crippen molar-refractivity contribution in [2.24, 2.45) is 7.05 Å². The minimum atomic E-state index is -1.38. The van der Waals surface area contributed by atoms with Gasteiger partial charge in [-0.25, -0.2) is 19.2 Å². The van der Waals surface area contributed by atoms with Crippen molar-refractivity contribution in [3.05, 3.63) is 218 Å². The Labute approximate surface area is 489 Å². The number of aromatic carboxylic acids is 3. The van der Waals surface area contributed by atoms with Gasteiger partial charge < -0.3 is 54.7 Å². The number of ether oxygens (including phenoxy) is 2. The number of fused-ring (bicyclic) bond motifs is 3. The van der Waals surface area contributed by atoms with Gasteiger partial charge in [-0.3, -0.25) is 4.79 Å². The van der Waals surface area contributed by atoms with E-state index in [2.05, 4.69) is 128 Å². The highest BCUT2D eigenvalue weighted by Gasteiger charge is 2.27. The number of hydrogen-bond acceptors (Lipinski definition) is 12. The maximum absolute atomic E-state index is 12.9. The van der Waals surface area contributed by atoms with Crippen molar-refractivity contribution in [3.8, 4) is 40.2 Å². The van der Waals surface area contributed by atoms with Gasteiger partial charge in [0.05, 0.1) is 18.2 Å². The number of aromatic nitrogens is 2. The number of anilines is 1. The molecule has 0 unspecified atom stereocenters. The Morgan fingerprint density at radius 3 is 1.82 bits per heavy atom. The van der Waals surface area contributed by atoms with Crippen molar-refractivity contribution in [1.82, 2.24) is 4.57 Å². The van der Waals surface area contributed by atoms with Gasteiger partial charge in [0, 0.05) is 78.0 Å². The number of nitrogens with zero attached hydrogens (tertiary/aromatic N) is 3. The van der Waals surface area contributed by atoms with Crippen LogP contribution in [0.15, 0.2) is 140 Å². The average molecular weight is 1140 g/mol. The number of aryl methyl sites for hydroxylation is 4. The minimum absolute atomic E-state index is 0.0419. The number of phenolic OH excluding ortho intramolecular Hbond substituents is 1. The second-order valence-corrected chi connectivity index (χ2v) is 20.4. The summed E-state index contributed by atoms with van der Waals surface area (Å²) in [6.07, 6.45) is 4.67. The van der Waals surface area contributed by atoms with Gasteiger partial charge in [-0.2, -0.15) is 4.57 Å².